The number of benzene rings is 2. The van der Waals surface area contributed by atoms with Gasteiger partial charge in [0.05, 0.1) is 6.61 Å². The summed E-state index contributed by atoms with van der Waals surface area (Å²) < 4.78 is 5.68. The SMILES string of the molecule is NNC(CCOc1ccccc1)Cc1ccc(Cl)cc1Cl. The normalized spacial score (nSPS) is 12.1. The number of nitrogens with two attached hydrogens (primary N) is 1. The van der Waals surface area contributed by atoms with Crippen molar-refractivity contribution in [3.05, 3.63) is 64.1 Å². The first-order valence-electron chi connectivity index (χ1n) is 6.77. The van der Waals surface area contributed by atoms with Crippen LogP contribution in [0.3, 0.4) is 0 Å². The molecule has 21 heavy (non-hydrogen) atoms. The van der Waals surface area contributed by atoms with E-state index in [0.717, 1.165) is 24.2 Å². The Morgan fingerprint density at radius 2 is 1.86 bits per heavy atom. The summed E-state index contributed by atoms with van der Waals surface area (Å²) in [4.78, 5) is 0. The molecule has 0 spiro atoms. The lowest BCUT2D eigenvalue weighted by molar-refractivity contribution is 0.285. The molecule has 0 fully saturated rings. The fourth-order valence-electron chi connectivity index (χ4n) is 2.03. The minimum absolute atomic E-state index is 0.0902. The van der Waals surface area contributed by atoms with E-state index in [1.165, 1.54) is 0 Å². The lowest BCUT2D eigenvalue weighted by Crippen LogP contribution is -2.38. The van der Waals surface area contributed by atoms with Gasteiger partial charge in [0.2, 0.25) is 0 Å². The Hall–Kier alpha value is -1.26. The van der Waals surface area contributed by atoms with Crippen LogP contribution >= 0.6 is 23.2 Å². The highest BCUT2D eigenvalue weighted by Crippen LogP contribution is 2.22. The molecule has 2 aromatic carbocycles. The van der Waals surface area contributed by atoms with Crippen LogP contribution in [0.15, 0.2) is 48.5 Å². The lowest BCUT2D eigenvalue weighted by Gasteiger charge is -2.17. The molecule has 112 valence electrons. The van der Waals surface area contributed by atoms with Crippen molar-refractivity contribution < 1.29 is 4.74 Å². The summed E-state index contributed by atoms with van der Waals surface area (Å²) in [6.07, 6.45) is 1.51. The summed E-state index contributed by atoms with van der Waals surface area (Å²) in [5.74, 6) is 6.46. The summed E-state index contributed by atoms with van der Waals surface area (Å²) >= 11 is 12.1. The van der Waals surface area contributed by atoms with E-state index in [4.69, 9.17) is 33.8 Å². The molecular formula is C16H18Cl2N2O. The number of rotatable bonds is 7. The van der Waals surface area contributed by atoms with Crippen LogP contribution < -0.4 is 16.0 Å². The molecule has 1 atom stereocenters. The third-order valence-corrected chi connectivity index (χ3v) is 3.78. The number of para-hydroxylation sites is 1. The van der Waals surface area contributed by atoms with Crippen LogP contribution in [0.1, 0.15) is 12.0 Å². The monoisotopic (exact) mass is 324 g/mol. The maximum absolute atomic E-state index is 6.18. The third kappa shape index (κ3) is 5.21. The van der Waals surface area contributed by atoms with Crippen molar-refractivity contribution in [2.45, 2.75) is 18.9 Å². The maximum Gasteiger partial charge on any atom is 0.119 e. The smallest absolute Gasteiger partial charge is 0.119 e. The second-order valence-electron chi connectivity index (χ2n) is 4.75. The Labute approximate surface area is 135 Å². The number of hydrazine groups is 1. The molecule has 0 aliphatic carbocycles. The van der Waals surface area contributed by atoms with Gasteiger partial charge in [0.1, 0.15) is 5.75 Å². The van der Waals surface area contributed by atoms with Crippen molar-refractivity contribution in [2.24, 2.45) is 5.84 Å². The van der Waals surface area contributed by atoms with Crippen LogP contribution in [0.4, 0.5) is 0 Å². The lowest BCUT2D eigenvalue weighted by atomic mass is 10.0. The van der Waals surface area contributed by atoms with Gasteiger partial charge in [-0.05, 0) is 42.7 Å². The first-order valence-corrected chi connectivity index (χ1v) is 7.52. The van der Waals surface area contributed by atoms with Gasteiger partial charge in [-0.25, -0.2) is 0 Å². The molecule has 5 heteroatoms. The Morgan fingerprint density at radius 1 is 1.10 bits per heavy atom. The van der Waals surface area contributed by atoms with Crippen LogP contribution in [0.5, 0.6) is 5.75 Å². The van der Waals surface area contributed by atoms with Crippen molar-refractivity contribution in [3.63, 3.8) is 0 Å². The zero-order valence-corrected chi connectivity index (χ0v) is 13.1. The average Bonchev–Trinajstić information content (AvgIpc) is 2.49. The zero-order valence-electron chi connectivity index (χ0n) is 11.6. The first-order chi connectivity index (χ1) is 10.2. The van der Waals surface area contributed by atoms with E-state index in [1.807, 2.05) is 42.5 Å². The van der Waals surface area contributed by atoms with E-state index in [9.17, 15) is 0 Å². The molecular weight excluding hydrogens is 307 g/mol. The Kier molecular flexibility index (Phi) is 6.33. The molecule has 1 unspecified atom stereocenters. The molecule has 0 saturated heterocycles. The number of hydrogen-bond acceptors (Lipinski definition) is 3. The highest BCUT2D eigenvalue weighted by molar-refractivity contribution is 6.35. The Balaban J connectivity index is 1.85. The molecule has 2 rings (SSSR count). The second-order valence-corrected chi connectivity index (χ2v) is 5.60. The fraction of sp³-hybridized carbons (Fsp3) is 0.250. The number of hydrogen-bond donors (Lipinski definition) is 2. The van der Waals surface area contributed by atoms with Gasteiger partial charge in [0.25, 0.3) is 0 Å². The van der Waals surface area contributed by atoms with Crippen LogP contribution in [-0.2, 0) is 6.42 Å². The van der Waals surface area contributed by atoms with Gasteiger partial charge in [0.15, 0.2) is 0 Å². The molecule has 0 aromatic heterocycles. The number of ether oxygens (including phenoxy) is 1. The van der Waals surface area contributed by atoms with Crippen molar-refractivity contribution in [3.8, 4) is 5.75 Å². The molecule has 0 radical (unpaired) electrons. The van der Waals surface area contributed by atoms with Crippen molar-refractivity contribution in [2.75, 3.05) is 6.61 Å². The molecule has 0 bridgehead atoms. The fourth-order valence-corrected chi connectivity index (χ4v) is 2.52. The van der Waals surface area contributed by atoms with E-state index >= 15 is 0 Å². The molecule has 0 heterocycles. The molecule has 0 aliphatic rings. The van der Waals surface area contributed by atoms with E-state index in [0.29, 0.717) is 16.7 Å². The van der Waals surface area contributed by atoms with E-state index in [2.05, 4.69) is 5.43 Å². The van der Waals surface area contributed by atoms with Crippen molar-refractivity contribution in [1.29, 1.82) is 0 Å². The van der Waals surface area contributed by atoms with E-state index < -0.39 is 0 Å². The first kappa shape index (κ1) is 16.1. The van der Waals surface area contributed by atoms with Crippen LogP contribution in [0.2, 0.25) is 10.0 Å². The highest BCUT2D eigenvalue weighted by atomic mass is 35.5. The quantitative estimate of drug-likeness (QED) is 0.601. The molecule has 3 N–H and O–H groups in total. The predicted octanol–water partition coefficient (Wildman–Crippen LogP) is 3.84. The van der Waals surface area contributed by atoms with Gasteiger partial charge in [-0.3, -0.25) is 11.3 Å². The summed E-state index contributed by atoms with van der Waals surface area (Å²) in [6.45, 7) is 0.587. The molecule has 2 aromatic rings. The Bertz CT molecular complexity index is 563. The van der Waals surface area contributed by atoms with Gasteiger partial charge < -0.3 is 4.74 Å². The number of nitrogens with one attached hydrogen (secondary N) is 1. The topological polar surface area (TPSA) is 47.3 Å². The minimum atomic E-state index is 0.0902. The summed E-state index contributed by atoms with van der Waals surface area (Å²) in [7, 11) is 0. The highest BCUT2D eigenvalue weighted by Gasteiger charge is 2.11. The molecule has 0 amide bonds. The molecule has 0 aliphatic heterocycles. The van der Waals surface area contributed by atoms with Crippen LogP contribution in [-0.4, -0.2) is 12.6 Å². The minimum Gasteiger partial charge on any atom is -0.494 e. The average molecular weight is 325 g/mol. The van der Waals surface area contributed by atoms with Gasteiger partial charge in [-0.2, -0.15) is 0 Å². The van der Waals surface area contributed by atoms with Gasteiger partial charge in [-0.1, -0.05) is 47.5 Å². The van der Waals surface area contributed by atoms with Crippen LogP contribution in [0, 0.1) is 0 Å². The third-order valence-electron chi connectivity index (χ3n) is 3.20. The van der Waals surface area contributed by atoms with E-state index in [-0.39, 0.29) is 6.04 Å². The van der Waals surface area contributed by atoms with Gasteiger partial charge >= 0.3 is 0 Å². The van der Waals surface area contributed by atoms with Crippen molar-refractivity contribution in [1.82, 2.24) is 5.43 Å². The van der Waals surface area contributed by atoms with Crippen LogP contribution in [0.25, 0.3) is 0 Å². The number of halogens is 2. The van der Waals surface area contributed by atoms with E-state index in [1.54, 1.807) is 6.07 Å². The predicted molar refractivity (Wildman–Crippen MR) is 87.8 cm³/mol. The zero-order chi connectivity index (χ0) is 15.1. The summed E-state index contributed by atoms with van der Waals surface area (Å²) in [5, 5.41) is 1.29. The summed E-state index contributed by atoms with van der Waals surface area (Å²) in [6, 6.07) is 15.3. The molecule has 0 saturated carbocycles. The maximum atomic E-state index is 6.18. The second kappa shape index (κ2) is 8.25. The standard InChI is InChI=1S/C16H18Cl2N2O/c17-13-7-6-12(16(18)11-13)10-14(20-19)8-9-21-15-4-2-1-3-5-15/h1-7,11,14,20H,8-10,19H2. The molecule has 3 nitrogen and oxygen atoms in total. The Morgan fingerprint density at radius 3 is 2.52 bits per heavy atom. The largest absolute Gasteiger partial charge is 0.494 e. The van der Waals surface area contributed by atoms with Gasteiger partial charge in [0, 0.05) is 16.1 Å². The van der Waals surface area contributed by atoms with Gasteiger partial charge in [-0.15, -0.1) is 0 Å². The summed E-state index contributed by atoms with van der Waals surface area (Å²) in [5.41, 5.74) is 3.82. The van der Waals surface area contributed by atoms with Crippen molar-refractivity contribution >= 4 is 23.2 Å².